The van der Waals surface area contributed by atoms with Crippen molar-refractivity contribution in [3.8, 4) is 5.75 Å². The molecule has 0 aromatic heterocycles. The van der Waals surface area contributed by atoms with Crippen LogP contribution in [0, 0.1) is 0 Å². The first-order valence-corrected chi connectivity index (χ1v) is 5.41. The molecule has 0 aliphatic carbocycles. The Morgan fingerprint density at radius 2 is 2.06 bits per heavy atom. The Kier molecular flexibility index (Phi) is 3.10. The Balaban J connectivity index is 2.19. The highest BCUT2D eigenvalue weighted by Crippen LogP contribution is 2.20. The number of piperazine rings is 1. The lowest BCUT2D eigenvalue weighted by Gasteiger charge is -2.31. The van der Waals surface area contributed by atoms with Crippen molar-refractivity contribution in [1.29, 1.82) is 0 Å². The minimum Gasteiger partial charge on any atom is -0.497 e. The van der Waals surface area contributed by atoms with E-state index in [1.165, 1.54) is 0 Å². The molecule has 1 fully saturated rings. The van der Waals surface area contributed by atoms with Gasteiger partial charge in [-0.15, -0.1) is 0 Å². The third kappa shape index (κ3) is 2.02. The maximum absolute atomic E-state index is 11.9. The van der Waals surface area contributed by atoms with Crippen LogP contribution in [0.5, 0.6) is 5.75 Å². The average molecular weight is 220 g/mol. The molecule has 86 valence electrons. The Morgan fingerprint density at radius 1 is 1.38 bits per heavy atom. The van der Waals surface area contributed by atoms with Crippen molar-refractivity contribution in [2.24, 2.45) is 0 Å². The fourth-order valence-electron chi connectivity index (χ4n) is 1.84. The molecule has 1 saturated heterocycles. The number of hydrogen-bond acceptors (Lipinski definition) is 3. The predicted octanol–water partition coefficient (Wildman–Crippen LogP) is 1.02. The SMILES string of the molecule is COc1ccc(N2CCNC(C)C2=O)cc1. The van der Waals surface area contributed by atoms with Crippen molar-refractivity contribution in [2.45, 2.75) is 13.0 Å². The number of nitrogens with zero attached hydrogens (tertiary/aromatic N) is 1. The molecule has 4 heteroatoms. The van der Waals surface area contributed by atoms with Gasteiger partial charge in [-0.05, 0) is 31.2 Å². The van der Waals surface area contributed by atoms with E-state index in [0.717, 1.165) is 24.5 Å². The van der Waals surface area contributed by atoms with Crippen molar-refractivity contribution in [2.75, 3.05) is 25.1 Å². The predicted molar refractivity (Wildman–Crippen MR) is 62.8 cm³/mol. The van der Waals surface area contributed by atoms with Crippen LogP contribution >= 0.6 is 0 Å². The van der Waals surface area contributed by atoms with Crippen LogP contribution < -0.4 is 15.0 Å². The molecular weight excluding hydrogens is 204 g/mol. The van der Waals surface area contributed by atoms with E-state index in [1.54, 1.807) is 12.0 Å². The highest BCUT2D eigenvalue weighted by atomic mass is 16.5. The molecule has 0 radical (unpaired) electrons. The summed E-state index contributed by atoms with van der Waals surface area (Å²) in [5, 5.41) is 3.14. The molecule has 1 aromatic carbocycles. The number of rotatable bonds is 2. The number of hydrogen-bond donors (Lipinski definition) is 1. The molecule has 1 aliphatic heterocycles. The quantitative estimate of drug-likeness (QED) is 0.809. The molecule has 0 saturated carbocycles. The molecule has 1 aromatic rings. The Morgan fingerprint density at radius 3 is 2.69 bits per heavy atom. The largest absolute Gasteiger partial charge is 0.497 e. The van der Waals surface area contributed by atoms with E-state index in [-0.39, 0.29) is 11.9 Å². The summed E-state index contributed by atoms with van der Waals surface area (Å²) in [4.78, 5) is 13.7. The third-order valence-corrected chi connectivity index (χ3v) is 2.81. The first-order valence-electron chi connectivity index (χ1n) is 5.41. The van der Waals surface area contributed by atoms with Gasteiger partial charge in [-0.2, -0.15) is 0 Å². The minimum absolute atomic E-state index is 0.101. The Labute approximate surface area is 95.2 Å². The first-order chi connectivity index (χ1) is 7.72. The maximum Gasteiger partial charge on any atom is 0.243 e. The standard InChI is InChI=1S/C12H16N2O2/c1-9-12(15)14(8-7-13-9)10-3-5-11(16-2)6-4-10/h3-6,9,13H,7-8H2,1-2H3. The second-order valence-corrected chi connectivity index (χ2v) is 3.86. The highest BCUT2D eigenvalue weighted by Gasteiger charge is 2.25. The zero-order valence-electron chi connectivity index (χ0n) is 9.56. The van der Waals surface area contributed by atoms with Crippen LogP contribution in [0.4, 0.5) is 5.69 Å². The van der Waals surface area contributed by atoms with Crippen LogP contribution in [-0.2, 0) is 4.79 Å². The van der Waals surface area contributed by atoms with Gasteiger partial charge in [0.1, 0.15) is 5.75 Å². The van der Waals surface area contributed by atoms with E-state index in [2.05, 4.69) is 5.32 Å². The molecule has 1 heterocycles. The smallest absolute Gasteiger partial charge is 0.243 e. The van der Waals surface area contributed by atoms with Crippen molar-refractivity contribution < 1.29 is 9.53 Å². The fourth-order valence-corrected chi connectivity index (χ4v) is 1.84. The topological polar surface area (TPSA) is 41.6 Å². The molecule has 1 unspecified atom stereocenters. The summed E-state index contributed by atoms with van der Waals surface area (Å²) >= 11 is 0. The molecule has 0 bridgehead atoms. The number of carbonyl (C=O) groups is 1. The van der Waals surface area contributed by atoms with Crippen molar-refractivity contribution in [3.63, 3.8) is 0 Å². The van der Waals surface area contributed by atoms with E-state index in [0.29, 0.717) is 0 Å². The lowest BCUT2D eigenvalue weighted by Crippen LogP contribution is -2.53. The Bertz CT molecular complexity index is 375. The van der Waals surface area contributed by atoms with Gasteiger partial charge in [-0.25, -0.2) is 0 Å². The molecule has 1 amide bonds. The van der Waals surface area contributed by atoms with Gasteiger partial charge in [0, 0.05) is 18.8 Å². The minimum atomic E-state index is -0.101. The van der Waals surface area contributed by atoms with E-state index in [4.69, 9.17) is 4.74 Å². The van der Waals surface area contributed by atoms with Gasteiger partial charge in [-0.3, -0.25) is 4.79 Å². The highest BCUT2D eigenvalue weighted by molar-refractivity contribution is 5.97. The maximum atomic E-state index is 11.9. The number of ether oxygens (including phenoxy) is 1. The second-order valence-electron chi connectivity index (χ2n) is 3.86. The monoisotopic (exact) mass is 220 g/mol. The average Bonchev–Trinajstić information content (AvgIpc) is 2.33. The third-order valence-electron chi connectivity index (χ3n) is 2.81. The number of nitrogens with one attached hydrogen (secondary N) is 1. The van der Waals surface area contributed by atoms with E-state index in [1.807, 2.05) is 31.2 Å². The van der Waals surface area contributed by atoms with Crippen molar-refractivity contribution in [3.05, 3.63) is 24.3 Å². The first kappa shape index (κ1) is 11.0. The Hall–Kier alpha value is -1.55. The summed E-state index contributed by atoms with van der Waals surface area (Å²) in [7, 11) is 1.63. The molecule has 2 rings (SSSR count). The van der Waals surface area contributed by atoms with Gasteiger partial charge in [0.05, 0.1) is 13.2 Å². The zero-order chi connectivity index (χ0) is 11.5. The lowest BCUT2D eigenvalue weighted by atomic mass is 10.2. The summed E-state index contributed by atoms with van der Waals surface area (Å²) < 4.78 is 5.09. The summed E-state index contributed by atoms with van der Waals surface area (Å²) in [6.45, 7) is 3.44. The molecule has 1 atom stereocenters. The normalized spacial score (nSPS) is 21.0. The van der Waals surface area contributed by atoms with Gasteiger partial charge in [0.25, 0.3) is 0 Å². The van der Waals surface area contributed by atoms with Crippen LogP contribution in [0.3, 0.4) is 0 Å². The van der Waals surface area contributed by atoms with Crippen LogP contribution in [0.2, 0.25) is 0 Å². The van der Waals surface area contributed by atoms with Crippen LogP contribution in [0.25, 0.3) is 0 Å². The lowest BCUT2D eigenvalue weighted by molar-refractivity contribution is -0.121. The van der Waals surface area contributed by atoms with E-state index < -0.39 is 0 Å². The van der Waals surface area contributed by atoms with Gasteiger partial charge < -0.3 is 15.0 Å². The van der Waals surface area contributed by atoms with Gasteiger partial charge in [-0.1, -0.05) is 0 Å². The van der Waals surface area contributed by atoms with Crippen LogP contribution in [0.15, 0.2) is 24.3 Å². The number of anilines is 1. The van der Waals surface area contributed by atoms with Crippen molar-refractivity contribution >= 4 is 11.6 Å². The zero-order valence-corrected chi connectivity index (χ0v) is 9.56. The molecule has 1 aliphatic rings. The van der Waals surface area contributed by atoms with Gasteiger partial charge >= 0.3 is 0 Å². The number of amides is 1. The molecule has 16 heavy (non-hydrogen) atoms. The van der Waals surface area contributed by atoms with Gasteiger partial charge in [0.2, 0.25) is 5.91 Å². The fraction of sp³-hybridized carbons (Fsp3) is 0.417. The van der Waals surface area contributed by atoms with Crippen LogP contribution in [0.1, 0.15) is 6.92 Å². The van der Waals surface area contributed by atoms with Crippen molar-refractivity contribution in [1.82, 2.24) is 5.32 Å². The van der Waals surface area contributed by atoms with Crippen LogP contribution in [-0.4, -0.2) is 32.1 Å². The molecule has 4 nitrogen and oxygen atoms in total. The molecule has 0 spiro atoms. The number of benzene rings is 1. The second kappa shape index (κ2) is 4.53. The summed E-state index contributed by atoms with van der Waals surface area (Å²) in [5.41, 5.74) is 0.930. The van der Waals surface area contributed by atoms with Gasteiger partial charge in [0.15, 0.2) is 0 Å². The number of methoxy groups -OCH3 is 1. The molecular formula is C12H16N2O2. The van der Waals surface area contributed by atoms with E-state index >= 15 is 0 Å². The van der Waals surface area contributed by atoms with E-state index in [9.17, 15) is 4.79 Å². The molecule has 1 N–H and O–H groups in total. The summed E-state index contributed by atoms with van der Waals surface area (Å²) in [5.74, 6) is 0.927. The summed E-state index contributed by atoms with van der Waals surface area (Å²) in [6.07, 6.45) is 0. The number of carbonyl (C=O) groups excluding carboxylic acids is 1. The summed E-state index contributed by atoms with van der Waals surface area (Å²) in [6, 6.07) is 7.46.